The molecule has 2 aromatic heterocycles. The number of fused-ring (bicyclic) bond motifs is 1. The first-order chi connectivity index (χ1) is 15.9. The van der Waals surface area contributed by atoms with E-state index in [2.05, 4.69) is 10.3 Å². The molecule has 0 aliphatic carbocycles. The fourth-order valence-electron chi connectivity index (χ4n) is 3.58. The Bertz CT molecular complexity index is 1410. The Balaban J connectivity index is 1.74. The molecule has 0 bridgehead atoms. The zero-order valence-electron chi connectivity index (χ0n) is 18.3. The highest BCUT2D eigenvalue weighted by molar-refractivity contribution is 6.10. The van der Waals surface area contributed by atoms with E-state index >= 15 is 0 Å². The molecular weight excluding hydrogens is 421 g/mol. The Kier molecular flexibility index (Phi) is 6.13. The van der Waals surface area contributed by atoms with Crippen molar-refractivity contribution in [2.75, 3.05) is 5.32 Å². The molecule has 166 valence electrons. The van der Waals surface area contributed by atoms with Gasteiger partial charge in [0.2, 0.25) is 11.3 Å². The number of amides is 1. The number of hydrogen-bond acceptors (Lipinski definition) is 4. The number of nitrogens with zero attached hydrogens (tertiary/aromatic N) is 2. The summed E-state index contributed by atoms with van der Waals surface area (Å²) < 4.78 is 14.6. The molecule has 0 radical (unpaired) electrons. The molecule has 0 saturated heterocycles. The monoisotopic (exact) mass is 443 g/mol. The first kappa shape index (κ1) is 22.1. The van der Waals surface area contributed by atoms with Crippen molar-refractivity contribution in [3.8, 4) is 0 Å². The normalized spacial score (nSPS) is 10.9. The van der Waals surface area contributed by atoms with Crippen LogP contribution in [-0.2, 0) is 17.8 Å². The molecule has 6 nitrogen and oxygen atoms in total. The summed E-state index contributed by atoms with van der Waals surface area (Å²) in [5.74, 6) is -1.23. The van der Waals surface area contributed by atoms with Crippen molar-refractivity contribution < 1.29 is 14.0 Å². The van der Waals surface area contributed by atoms with Gasteiger partial charge in [-0.1, -0.05) is 31.2 Å². The number of carbonyl (C=O) groups is 2. The number of carbonyl (C=O) groups excluding carboxylic acids is 2. The molecule has 1 amide bonds. The lowest BCUT2D eigenvalue weighted by atomic mass is 10.0. The molecule has 0 fully saturated rings. The van der Waals surface area contributed by atoms with Crippen LogP contribution in [0.25, 0.3) is 11.0 Å². The lowest BCUT2D eigenvalue weighted by Gasteiger charge is -2.13. The van der Waals surface area contributed by atoms with Crippen LogP contribution in [0.2, 0.25) is 0 Å². The Hall–Kier alpha value is -4.13. The third kappa shape index (κ3) is 4.72. The van der Waals surface area contributed by atoms with Crippen LogP contribution in [0, 0.1) is 12.7 Å². The van der Waals surface area contributed by atoms with Gasteiger partial charge in [-0.15, -0.1) is 0 Å². The van der Waals surface area contributed by atoms with Gasteiger partial charge in [0.05, 0.1) is 10.9 Å². The molecule has 2 heterocycles. The summed E-state index contributed by atoms with van der Waals surface area (Å²) in [5.41, 5.74) is 2.43. The van der Waals surface area contributed by atoms with Gasteiger partial charge in [0.15, 0.2) is 5.78 Å². The minimum Gasteiger partial charge on any atom is -0.325 e. The highest BCUT2D eigenvalue weighted by atomic mass is 19.1. The number of anilines is 1. The van der Waals surface area contributed by atoms with E-state index in [1.807, 2.05) is 19.1 Å². The fourth-order valence-corrected chi connectivity index (χ4v) is 3.58. The van der Waals surface area contributed by atoms with Crippen molar-refractivity contribution >= 4 is 28.4 Å². The molecule has 0 spiro atoms. The van der Waals surface area contributed by atoms with Gasteiger partial charge in [-0.2, -0.15) is 0 Å². The maximum absolute atomic E-state index is 13.2. The maximum atomic E-state index is 13.2. The smallest absolute Gasteiger partial charge is 0.244 e. The Morgan fingerprint density at radius 1 is 1.00 bits per heavy atom. The quantitative estimate of drug-likeness (QED) is 0.451. The van der Waals surface area contributed by atoms with Crippen LogP contribution in [0.5, 0.6) is 0 Å². The molecular formula is C26H22FN3O3. The summed E-state index contributed by atoms with van der Waals surface area (Å²) in [6, 6.07) is 15.8. The number of halogens is 1. The average molecular weight is 443 g/mol. The molecule has 0 unspecified atom stereocenters. The van der Waals surface area contributed by atoms with E-state index in [1.54, 1.807) is 31.2 Å². The first-order valence-electron chi connectivity index (χ1n) is 10.6. The second kappa shape index (κ2) is 9.16. The summed E-state index contributed by atoms with van der Waals surface area (Å²) in [4.78, 5) is 43.4. The van der Waals surface area contributed by atoms with Crippen molar-refractivity contribution in [3.05, 3.63) is 105 Å². The molecule has 1 N–H and O–H groups in total. The minimum absolute atomic E-state index is 0.0352. The van der Waals surface area contributed by atoms with Crippen LogP contribution in [0.15, 0.2) is 71.7 Å². The third-order valence-electron chi connectivity index (χ3n) is 5.37. The van der Waals surface area contributed by atoms with Gasteiger partial charge in [-0.05, 0) is 55.3 Å². The Labute approximate surface area is 189 Å². The van der Waals surface area contributed by atoms with E-state index in [-0.39, 0.29) is 17.5 Å². The maximum Gasteiger partial charge on any atom is 0.244 e. The molecule has 0 aliphatic heterocycles. The molecule has 4 rings (SSSR count). The van der Waals surface area contributed by atoms with Gasteiger partial charge in [-0.25, -0.2) is 9.37 Å². The van der Waals surface area contributed by atoms with Crippen LogP contribution in [0.4, 0.5) is 10.1 Å². The lowest BCUT2D eigenvalue weighted by molar-refractivity contribution is -0.116. The van der Waals surface area contributed by atoms with E-state index in [9.17, 15) is 18.8 Å². The summed E-state index contributed by atoms with van der Waals surface area (Å²) >= 11 is 0. The number of aryl methyl sites for hydroxylation is 2. The van der Waals surface area contributed by atoms with Gasteiger partial charge in [0.1, 0.15) is 18.0 Å². The summed E-state index contributed by atoms with van der Waals surface area (Å²) in [7, 11) is 0. The third-order valence-corrected chi connectivity index (χ3v) is 5.37. The van der Waals surface area contributed by atoms with Crippen LogP contribution >= 0.6 is 0 Å². The van der Waals surface area contributed by atoms with Crippen LogP contribution in [-0.4, -0.2) is 21.2 Å². The number of ketones is 1. The fraction of sp³-hybridized carbons (Fsp3) is 0.154. The van der Waals surface area contributed by atoms with E-state index in [0.29, 0.717) is 22.6 Å². The highest BCUT2D eigenvalue weighted by Gasteiger charge is 2.19. The minimum atomic E-state index is -0.433. The largest absolute Gasteiger partial charge is 0.325 e. The molecule has 7 heteroatoms. The summed E-state index contributed by atoms with van der Waals surface area (Å²) in [6.07, 6.45) is 2.23. The topological polar surface area (TPSA) is 81.1 Å². The van der Waals surface area contributed by atoms with Gasteiger partial charge >= 0.3 is 0 Å². The van der Waals surface area contributed by atoms with Gasteiger partial charge < -0.3 is 9.88 Å². The van der Waals surface area contributed by atoms with Crippen LogP contribution in [0.1, 0.15) is 34.1 Å². The number of benzene rings is 2. The molecule has 0 aliphatic rings. The lowest BCUT2D eigenvalue weighted by Crippen LogP contribution is -2.25. The van der Waals surface area contributed by atoms with Crippen molar-refractivity contribution in [2.45, 2.75) is 26.8 Å². The standard InChI is InChI=1S/C26H22FN3O3/c1-3-17-5-7-18(8-6-17)24(32)22-14-30(26-21(25(22)33)13-4-16(2)28-26)15-23(31)29-20-11-9-19(27)10-12-20/h4-14H,3,15H2,1-2H3,(H,29,31). The van der Waals surface area contributed by atoms with Crippen molar-refractivity contribution in [1.82, 2.24) is 9.55 Å². The first-order valence-corrected chi connectivity index (χ1v) is 10.6. The van der Waals surface area contributed by atoms with E-state index in [4.69, 9.17) is 0 Å². The predicted molar refractivity (Wildman–Crippen MR) is 125 cm³/mol. The van der Waals surface area contributed by atoms with Crippen molar-refractivity contribution in [2.24, 2.45) is 0 Å². The molecule has 2 aromatic carbocycles. The Morgan fingerprint density at radius 2 is 1.70 bits per heavy atom. The van der Waals surface area contributed by atoms with Gasteiger partial charge in [0, 0.05) is 23.1 Å². The summed E-state index contributed by atoms with van der Waals surface area (Å²) in [5, 5.41) is 2.94. The van der Waals surface area contributed by atoms with E-state index in [0.717, 1.165) is 12.0 Å². The second-order valence-electron chi connectivity index (χ2n) is 7.76. The van der Waals surface area contributed by atoms with Crippen LogP contribution < -0.4 is 10.7 Å². The van der Waals surface area contributed by atoms with E-state index in [1.165, 1.54) is 35.0 Å². The zero-order valence-corrected chi connectivity index (χ0v) is 18.3. The average Bonchev–Trinajstić information content (AvgIpc) is 2.82. The number of pyridine rings is 2. The Morgan fingerprint density at radius 3 is 2.36 bits per heavy atom. The molecule has 0 atom stereocenters. The van der Waals surface area contributed by atoms with Crippen LogP contribution in [0.3, 0.4) is 0 Å². The van der Waals surface area contributed by atoms with Crippen molar-refractivity contribution in [1.29, 1.82) is 0 Å². The predicted octanol–water partition coefficient (Wildman–Crippen LogP) is 4.28. The number of nitrogens with one attached hydrogen (secondary N) is 1. The van der Waals surface area contributed by atoms with E-state index < -0.39 is 22.9 Å². The molecule has 4 aromatic rings. The second-order valence-corrected chi connectivity index (χ2v) is 7.76. The zero-order chi connectivity index (χ0) is 23.5. The number of hydrogen-bond donors (Lipinski definition) is 1. The van der Waals surface area contributed by atoms with Crippen molar-refractivity contribution in [3.63, 3.8) is 0 Å². The molecule has 0 saturated carbocycles. The number of rotatable bonds is 6. The number of aromatic nitrogens is 2. The summed E-state index contributed by atoms with van der Waals surface area (Å²) in [6.45, 7) is 3.62. The molecule has 33 heavy (non-hydrogen) atoms. The van der Waals surface area contributed by atoms with Gasteiger partial charge in [-0.3, -0.25) is 14.4 Å². The highest BCUT2D eigenvalue weighted by Crippen LogP contribution is 2.16. The SMILES string of the molecule is CCc1ccc(C(=O)c2cn(CC(=O)Nc3ccc(F)cc3)c3nc(C)ccc3c2=O)cc1. The van der Waals surface area contributed by atoms with Gasteiger partial charge in [0.25, 0.3) is 0 Å².